The number of phenols is 1. The molecule has 0 unspecified atom stereocenters. The van der Waals surface area contributed by atoms with Crippen molar-refractivity contribution < 1.29 is 23.1 Å². The number of anilines is 2. The second-order valence-corrected chi connectivity index (χ2v) is 12.0. The van der Waals surface area contributed by atoms with E-state index in [4.69, 9.17) is 0 Å². The van der Waals surface area contributed by atoms with E-state index >= 15 is 0 Å². The van der Waals surface area contributed by atoms with Gasteiger partial charge in [0.1, 0.15) is 12.3 Å². The lowest BCUT2D eigenvalue weighted by atomic mass is 9.86. The van der Waals surface area contributed by atoms with Crippen LogP contribution in [0.5, 0.6) is 5.75 Å². The van der Waals surface area contributed by atoms with Crippen molar-refractivity contribution in [3.05, 3.63) is 47.0 Å². The minimum atomic E-state index is -3.71. The molecule has 2 aromatic carbocycles. The number of hydrogen-bond acceptors (Lipinski definition) is 5. The number of nitrogens with one attached hydrogen (secondary N) is 1. The van der Waals surface area contributed by atoms with Gasteiger partial charge >= 0.3 is 0 Å². The van der Waals surface area contributed by atoms with E-state index in [1.165, 1.54) is 31.1 Å². The van der Waals surface area contributed by atoms with Crippen molar-refractivity contribution >= 4 is 33.2 Å². The maximum atomic E-state index is 13.2. The van der Waals surface area contributed by atoms with Gasteiger partial charge < -0.3 is 15.3 Å². The lowest BCUT2D eigenvalue weighted by molar-refractivity contribution is -0.121. The van der Waals surface area contributed by atoms with Crippen LogP contribution in [0.2, 0.25) is 0 Å². The first-order valence-corrected chi connectivity index (χ1v) is 13.0. The van der Waals surface area contributed by atoms with E-state index in [1.807, 2.05) is 27.7 Å². The highest BCUT2D eigenvalue weighted by molar-refractivity contribution is 7.89. The monoisotopic (exact) mass is 503 g/mol. The topological polar surface area (TPSA) is 107 Å². The summed E-state index contributed by atoms with van der Waals surface area (Å²) in [5.41, 5.74) is 2.40. The van der Waals surface area contributed by atoms with E-state index in [0.717, 1.165) is 9.87 Å². The van der Waals surface area contributed by atoms with Crippen LogP contribution in [-0.4, -0.2) is 50.3 Å². The van der Waals surface area contributed by atoms with Gasteiger partial charge in [0.2, 0.25) is 21.8 Å². The fourth-order valence-electron chi connectivity index (χ4n) is 3.76. The average Bonchev–Trinajstić information content (AvgIpc) is 2.75. The van der Waals surface area contributed by atoms with E-state index in [2.05, 4.69) is 5.32 Å². The largest absolute Gasteiger partial charge is 0.507 e. The Labute approximate surface area is 209 Å². The molecule has 0 aliphatic heterocycles. The molecular weight excluding hydrogens is 466 g/mol. The molecule has 9 heteroatoms. The summed E-state index contributed by atoms with van der Waals surface area (Å²) in [6, 6.07) is 8.11. The summed E-state index contributed by atoms with van der Waals surface area (Å²) < 4.78 is 26.5. The molecule has 0 bridgehead atoms. The van der Waals surface area contributed by atoms with Gasteiger partial charge in [-0.1, -0.05) is 39.8 Å². The van der Waals surface area contributed by atoms with Crippen LogP contribution >= 0.6 is 0 Å². The molecule has 35 heavy (non-hydrogen) atoms. The van der Waals surface area contributed by atoms with E-state index in [9.17, 15) is 23.1 Å². The number of rotatable bonds is 8. The van der Waals surface area contributed by atoms with Crippen LogP contribution in [0.4, 0.5) is 11.4 Å². The van der Waals surface area contributed by atoms with Crippen LogP contribution in [0.25, 0.3) is 0 Å². The number of hydrogen-bond donors (Lipinski definition) is 2. The fourth-order valence-corrected chi connectivity index (χ4v) is 4.69. The Morgan fingerprint density at radius 3 is 2.23 bits per heavy atom. The molecule has 0 saturated carbocycles. The number of benzene rings is 2. The van der Waals surface area contributed by atoms with Gasteiger partial charge in [0.15, 0.2) is 0 Å². The summed E-state index contributed by atoms with van der Waals surface area (Å²) in [6.07, 6.45) is 0.845. The first-order valence-electron chi connectivity index (χ1n) is 11.6. The minimum Gasteiger partial charge on any atom is -0.507 e. The molecule has 0 radical (unpaired) electrons. The third-order valence-electron chi connectivity index (χ3n) is 5.81. The summed E-state index contributed by atoms with van der Waals surface area (Å²) in [5.74, 6) is -0.637. The summed E-state index contributed by atoms with van der Waals surface area (Å²) >= 11 is 0. The molecule has 2 rings (SSSR count). The summed E-state index contributed by atoms with van der Waals surface area (Å²) in [4.78, 5) is 27.6. The standard InChI is InChI=1S/C26H37N3O5S/c1-9-10-24(31)29(22-14-11-17(2)25(32)18(22)3)16-23(30)27-21-15-19(35(33,34)28(7)8)12-13-20(21)26(4,5)6/h11-15,32H,9-10,16H2,1-8H3,(H,27,30). The maximum absolute atomic E-state index is 13.2. The quantitative estimate of drug-likeness (QED) is 0.558. The Hall–Kier alpha value is -2.91. The molecule has 2 aromatic rings. The SMILES string of the molecule is CCCC(=O)N(CC(=O)Nc1cc(S(=O)(=O)N(C)C)ccc1C(C)(C)C)c1ccc(C)c(O)c1C. The Balaban J connectivity index is 2.49. The Bertz CT molecular complexity index is 1210. The van der Waals surface area contributed by atoms with Crippen LogP contribution in [0.15, 0.2) is 35.2 Å². The van der Waals surface area contributed by atoms with E-state index < -0.39 is 15.9 Å². The molecule has 2 N–H and O–H groups in total. The number of carbonyl (C=O) groups excluding carboxylic acids is 2. The molecular formula is C26H37N3O5S. The molecule has 0 fully saturated rings. The van der Waals surface area contributed by atoms with E-state index in [1.54, 1.807) is 32.0 Å². The molecule has 0 heterocycles. The first kappa shape index (κ1) is 28.3. The van der Waals surface area contributed by atoms with Crippen LogP contribution < -0.4 is 10.2 Å². The highest BCUT2D eigenvalue weighted by Gasteiger charge is 2.26. The zero-order chi connectivity index (χ0) is 26.7. The van der Waals surface area contributed by atoms with Gasteiger partial charge in [-0.25, -0.2) is 12.7 Å². The number of carbonyl (C=O) groups is 2. The van der Waals surface area contributed by atoms with Gasteiger partial charge in [-0.15, -0.1) is 0 Å². The molecule has 0 saturated heterocycles. The smallest absolute Gasteiger partial charge is 0.244 e. The predicted octanol–water partition coefficient (Wildman–Crippen LogP) is 4.33. The highest BCUT2D eigenvalue weighted by atomic mass is 32.2. The minimum absolute atomic E-state index is 0.0593. The normalized spacial score (nSPS) is 12.0. The number of amides is 2. The van der Waals surface area contributed by atoms with Crippen molar-refractivity contribution in [1.29, 1.82) is 0 Å². The molecule has 0 aliphatic carbocycles. The van der Waals surface area contributed by atoms with Crippen molar-refractivity contribution in [3.8, 4) is 5.75 Å². The molecule has 8 nitrogen and oxygen atoms in total. The number of nitrogens with zero attached hydrogens (tertiary/aromatic N) is 2. The van der Waals surface area contributed by atoms with Crippen LogP contribution in [0.3, 0.4) is 0 Å². The average molecular weight is 504 g/mol. The second-order valence-electron chi connectivity index (χ2n) is 9.90. The van der Waals surface area contributed by atoms with Crippen molar-refractivity contribution in [3.63, 3.8) is 0 Å². The fraction of sp³-hybridized carbons (Fsp3) is 0.462. The predicted molar refractivity (Wildman–Crippen MR) is 139 cm³/mol. The Morgan fingerprint density at radius 1 is 1.06 bits per heavy atom. The lowest BCUT2D eigenvalue weighted by Gasteiger charge is -2.27. The number of phenolic OH excluding ortho intramolecular Hbond substituents is 1. The van der Waals surface area contributed by atoms with Gasteiger partial charge in [-0.2, -0.15) is 0 Å². The van der Waals surface area contributed by atoms with Gasteiger partial charge in [0, 0.05) is 31.8 Å². The number of sulfonamides is 1. The molecule has 0 aromatic heterocycles. The second kappa shape index (κ2) is 10.8. The molecule has 0 aliphatic rings. The molecule has 0 atom stereocenters. The third kappa shape index (κ3) is 6.41. The summed E-state index contributed by atoms with van der Waals surface area (Å²) in [7, 11) is -0.817. The van der Waals surface area contributed by atoms with Gasteiger partial charge in [-0.05, 0) is 55.0 Å². The zero-order valence-electron chi connectivity index (χ0n) is 21.9. The van der Waals surface area contributed by atoms with Crippen molar-refractivity contribution in [2.75, 3.05) is 30.9 Å². The van der Waals surface area contributed by atoms with Gasteiger partial charge in [-0.3, -0.25) is 9.59 Å². The van der Waals surface area contributed by atoms with Gasteiger partial charge in [0.05, 0.1) is 10.6 Å². The zero-order valence-corrected chi connectivity index (χ0v) is 22.7. The van der Waals surface area contributed by atoms with E-state index in [-0.39, 0.29) is 34.9 Å². The first-order chi connectivity index (χ1) is 16.1. The summed E-state index contributed by atoms with van der Waals surface area (Å²) in [5, 5.41) is 13.2. The van der Waals surface area contributed by atoms with Crippen molar-refractivity contribution in [2.45, 2.75) is 64.7 Å². The highest BCUT2D eigenvalue weighted by Crippen LogP contribution is 2.33. The maximum Gasteiger partial charge on any atom is 0.244 e. The number of aromatic hydroxyl groups is 1. The molecule has 2 amide bonds. The number of aryl methyl sites for hydroxylation is 1. The Kier molecular flexibility index (Phi) is 8.73. The van der Waals surface area contributed by atoms with Crippen LogP contribution in [-0.2, 0) is 25.0 Å². The van der Waals surface area contributed by atoms with Gasteiger partial charge in [0.25, 0.3) is 0 Å². The molecule has 192 valence electrons. The van der Waals surface area contributed by atoms with E-state index in [0.29, 0.717) is 28.9 Å². The van der Waals surface area contributed by atoms with Crippen molar-refractivity contribution in [2.24, 2.45) is 0 Å². The summed E-state index contributed by atoms with van der Waals surface area (Å²) in [6.45, 7) is 11.0. The Morgan fingerprint density at radius 2 is 1.69 bits per heavy atom. The van der Waals surface area contributed by atoms with Crippen LogP contribution in [0, 0.1) is 13.8 Å². The van der Waals surface area contributed by atoms with Crippen LogP contribution in [0.1, 0.15) is 57.2 Å². The van der Waals surface area contributed by atoms with Crippen molar-refractivity contribution in [1.82, 2.24) is 4.31 Å². The lowest BCUT2D eigenvalue weighted by Crippen LogP contribution is -2.38. The molecule has 0 spiro atoms. The third-order valence-corrected chi connectivity index (χ3v) is 7.62.